The molecule has 0 aliphatic carbocycles. The van der Waals surface area contributed by atoms with E-state index in [1.165, 1.54) is 12.8 Å². The van der Waals surface area contributed by atoms with Crippen molar-refractivity contribution in [3.63, 3.8) is 0 Å². The number of hydrogen-bond donors (Lipinski definition) is 1. The fourth-order valence-electron chi connectivity index (χ4n) is 3.37. The lowest BCUT2D eigenvalue weighted by atomic mass is 10.2. The molecule has 2 heterocycles. The predicted molar refractivity (Wildman–Crippen MR) is 107 cm³/mol. The van der Waals surface area contributed by atoms with Gasteiger partial charge in [-0.2, -0.15) is 0 Å². The number of benzene rings is 1. The summed E-state index contributed by atoms with van der Waals surface area (Å²) in [7, 11) is 0. The van der Waals surface area contributed by atoms with E-state index in [0.717, 1.165) is 37.5 Å². The van der Waals surface area contributed by atoms with Crippen LogP contribution in [0.2, 0.25) is 0 Å². The Morgan fingerprint density at radius 1 is 1.14 bits per heavy atom. The van der Waals surface area contributed by atoms with Gasteiger partial charge in [-0.05, 0) is 44.4 Å². The van der Waals surface area contributed by atoms with E-state index in [9.17, 15) is 4.79 Å². The van der Waals surface area contributed by atoms with Crippen molar-refractivity contribution in [3.05, 3.63) is 35.4 Å². The van der Waals surface area contributed by atoms with Gasteiger partial charge in [0.15, 0.2) is 11.5 Å². The topological polar surface area (TPSA) is 78.3 Å². The highest BCUT2D eigenvalue weighted by molar-refractivity contribution is 5.94. The summed E-state index contributed by atoms with van der Waals surface area (Å²) in [5.41, 5.74) is 0.562. The molecule has 7 heteroatoms. The number of aryl methyl sites for hydroxylation is 1. The summed E-state index contributed by atoms with van der Waals surface area (Å²) >= 11 is 0. The Labute approximate surface area is 166 Å². The van der Waals surface area contributed by atoms with E-state index >= 15 is 0 Å². The van der Waals surface area contributed by atoms with Crippen molar-refractivity contribution in [2.24, 2.45) is 0 Å². The molecule has 0 spiro atoms. The van der Waals surface area contributed by atoms with Crippen molar-refractivity contribution in [3.8, 4) is 11.5 Å². The molecule has 3 rings (SSSR count). The number of rotatable bonds is 9. The Hall–Kier alpha value is -2.57. The van der Waals surface area contributed by atoms with E-state index in [0.29, 0.717) is 43.2 Å². The Kier molecular flexibility index (Phi) is 7.28. The Balaban J connectivity index is 1.59. The minimum atomic E-state index is -0.126. The SMILES string of the molecule is CCCOc1ccc(C(=O)NCCc2nnc3n2CCCCC3)cc1OCC. The second-order valence-electron chi connectivity index (χ2n) is 6.94. The molecule has 28 heavy (non-hydrogen) atoms. The average molecular weight is 386 g/mol. The van der Waals surface area contributed by atoms with Crippen LogP contribution in [-0.4, -0.2) is 40.4 Å². The molecule has 0 atom stereocenters. The number of carbonyl (C=O) groups is 1. The van der Waals surface area contributed by atoms with Gasteiger partial charge in [0, 0.05) is 31.5 Å². The first-order valence-corrected chi connectivity index (χ1v) is 10.3. The smallest absolute Gasteiger partial charge is 0.251 e. The van der Waals surface area contributed by atoms with Crippen LogP contribution in [0.25, 0.3) is 0 Å². The van der Waals surface area contributed by atoms with E-state index in [1.54, 1.807) is 18.2 Å². The minimum absolute atomic E-state index is 0.126. The molecule has 2 aromatic rings. The number of nitrogens with one attached hydrogen (secondary N) is 1. The molecule has 0 bridgehead atoms. The van der Waals surface area contributed by atoms with Gasteiger partial charge in [0.2, 0.25) is 0 Å². The van der Waals surface area contributed by atoms with E-state index in [1.807, 2.05) is 6.92 Å². The lowest BCUT2D eigenvalue weighted by Crippen LogP contribution is -2.26. The van der Waals surface area contributed by atoms with Crippen LogP contribution in [0.3, 0.4) is 0 Å². The maximum atomic E-state index is 12.5. The van der Waals surface area contributed by atoms with E-state index < -0.39 is 0 Å². The Bertz CT molecular complexity index is 788. The van der Waals surface area contributed by atoms with Gasteiger partial charge in [0.1, 0.15) is 11.6 Å². The Morgan fingerprint density at radius 3 is 2.86 bits per heavy atom. The fraction of sp³-hybridized carbons (Fsp3) is 0.571. The van der Waals surface area contributed by atoms with Crippen LogP contribution in [0, 0.1) is 0 Å². The van der Waals surface area contributed by atoms with Gasteiger partial charge in [0.05, 0.1) is 13.2 Å². The number of amides is 1. The molecule has 0 saturated heterocycles. The molecule has 1 aliphatic rings. The van der Waals surface area contributed by atoms with Gasteiger partial charge in [-0.25, -0.2) is 0 Å². The molecule has 1 amide bonds. The van der Waals surface area contributed by atoms with Crippen LogP contribution < -0.4 is 14.8 Å². The quantitative estimate of drug-likeness (QED) is 0.716. The standard InChI is InChI=1S/C21H30N4O3/c1-3-14-28-17-10-9-16(15-18(17)27-4-2)21(26)22-12-11-20-24-23-19-8-6-5-7-13-25(19)20/h9-10,15H,3-8,11-14H2,1-2H3,(H,22,26). The second-order valence-corrected chi connectivity index (χ2v) is 6.94. The minimum Gasteiger partial charge on any atom is -0.490 e. The van der Waals surface area contributed by atoms with Crippen LogP contribution in [0.4, 0.5) is 0 Å². The van der Waals surface area contributed by atoms with Crippen LogP contribution in [-0.2, 0) is 19.4 Å². The normalized spacial score (nSPS) is 13.5. The molecular formula is C21H30N4O3. The maximum absolute atomic E-state index is 12.5. The number of fused-ring (bicyclic) bond motifs is 1. The van der Waals surface area contributed by atoms with Gasteiger partial charge in [0.25, 0.3) is 5.91 Å². The van der Waals surface area contributed by atoms with Crippen LogP contribution in [0.1, 0.15) is 61.5 Å². The maximum Gasteiger partial charge on any atom is 0.251 e. The molecule has 0 saturated carbocycles. The zero-order chi connectivity index (χ0) is 19.8. The van der Waals surface area contributed by atoms with Gasteiger partial charge in [-0.15, -0.1) is 10.2 Å². The van der Waals surface area contributed by atoms with E-state index in [2.05, 4.69) is 27.0 Å². The molecule has 1 N–H and O–H groups in total. The molecular weight excluding hydrogens is 356 g/mol. The third kappa shape index (κ3) is 5.03. The van der Waals surface area contributed by atoms with Gasteiger partial charge >= 0.3 is 0 Å². The van der Waals surface area contributed by atoms with Crippen molar-refractivity contribution < 1.29 is 14.3 Å². The number of nitrogens with zero attached hydrogens (tertiary/aromatic N) is 3. The van der Waals surface area contributed by atoms with Crippen molar-refractivity contribution in [2.75, 3.05) is 19.8 Å². The zero-order valence-electron chi connectivity index (χ0n) is 16.9. The van der Waals surface area contributed by atoms with Crippen LogP contribution >= 0.6 is 0 Å². The van der Waals surface area contributed by atoms with Crippen molar-refractivity contribution >= 4 is 5.91 Å². The first-order valence-electron chi connectivity index (χ1n) is 10.3. The summed E-state index contributed by atoms with van der Waals surface area (Å²) in [6.45, 7) is 6.60. The molecule has 152 valence electrons. The summed E-state index contributed by atoms with van der Waals surface area (Å²) in [5, 5.41) is 11.6. The molecule has 1 aliphatic heterocycles. The van der Waals surface area contributed by atoms with Crippen molar-refractivity contribution in [1.29, 1.82) is 0 Å². The van der Waals surface area contributed by atoms with Crippen molar-refractivity contribution in [1.82, 2.24) is 20.1 Å². The van der Waals surface area contributed by atoms with Crippen molar-refractivity contribution in [2.45, 2.75) is 58.9 Å². The van der Waals surface area contributed by atoms with Gasteiger partial charge < -0.3 is 19.4 Å². The van der Waals surface area contributed by atoms with E-state index in [4.69, 9.17) is 9.47 Å². The fourth-order valence-corrected chi connectivity index (χ4v) is 3.37. The van der Waals surface area contributed by atoms with Gasteiger partial charge in [-0.3, -0.25) is 4.79 Å². The lowest BCUT2D eigenvalue weighted by Gasteiger charge is -2.13. The number of aromatic nitrogens is 3. The molecule has 1 aromatic heterocycles. The third-order valence-electron chi connectivity index (χ3n) is 4.79. The second kappa shape index (κ2) is 10.1. The third-order valence-corrected chi connectivity index (χ3v) is 4.79. The molecule has 0 unspecified atom stereocenters. The summed E-state index contributed by atoms with van der Waals surface area (Å²) < 4.78 is 13.5. The highest BCUT2D eigenvalue weighted by Gasteiger charge is 2.15. The summed E-state index contributed by atoms with van der Waals surface area (Å²) in [6.07, 6.45) is 6.16. The first-order chi connectivity index (χ1) is 13.7. The highest BCUT2D eigenvalue weighted by Crippen LogP contribution is 2.28. The first kappa shape index (κ1) is 20.2. The molecule has 0 fully saturated rings. The average Bonchev–Trinajstić information content (AvgIpc) is 2.93. The molecule has 7 nitrogen and oxygen atoms in total. The Morgan fingerprint density at radius 2 is 2.04 bits per heavy atom. The van der Waals surface area contributed by atoms with Crippen LogP contribution in [0.15, 0.2) is 18.2 Å². The number of ether oxygens (including phenoxy) is 2. The number of carbonyl (C=O) groups excluding carboxylic acids is 1. The summed E-state index contributed by atoms with van der Waals surface area (Å²) in [6, 6.07) is 5.31. The zero-order valence-corrected chi connectivity index (χ0v) is 16.9. The molecule has 1 aromatic carbocycles. The largest absolute Gasteiger partial charge is 0.490 e. The lowest BCUT2D eigenvalue weighted by molar-refractivity contribution is 0.0953. The summed E-state index contributed by atoms with van der Waals surface area (Å²) in [5.74, 6) is 3.18. The monoisotopic (exact) mass is 386 g/mol. The van der Waals surface area contributed by atoms with Crippen LogP contribution in [0.5, 0.6) is 11.5 Å². The predicted octanol–water partition coefficient (Wildman–Crippen LogP) is 3.16. The highest BCUT2D eigenvalue weighted by atomic mass is 16.5. The molecule has 0 radical (unpaired) electrons. The number of hydrogen-bond acceptors (Lipinski definition) is 5. The summed E-state index contributed by atoms with van der Waals surface area (Å²) in [4.78, 5) is 12.5. The van der Waals surface area contributed by atoms with E-state index in [-0.39, 0.29) is 5.91 Å². The van der Waals surface area contributed by atoms with Gasteiger partial charge in [-0.1, -0.05) is 13.3 Å².